The van der Waals surface area contributed by atoms with Crippen LogP contribution >= 0.6 is 0 Å². The topological polar surface area (TPSA) is 115 Å². The second kappa shape index (κ2) is 10.8. The van der Waals surface area contributed by atoms with Crippen molar-refractivity contribution < 1.29 is 32.3 Å². The SMILES string of the molecule is O=C(OCC(O)c1ccc(-c2noc(-c3cnn(-c4ccccc4)c3C(F)(F)F)n2)cc1)C1CCCNC1. The standard InChI is InChI=1S/C26H24F3N5O4/c27-26(28,29)22-20(14-31-34(22)19-6-2-1-3-7-19)24-32-23(33-38-24)17-10-8-16(9-11-17)21(35)15-37-25(36)18-5-4-12-30-13-18/h1-3,6-11,14,18,21,30,35H,4-5,12-13,15H2. The molecule has 0 bridgehead atoms. The quantitative estimate of drug-likeness (QED) is 0.344. The Morgan fingerprint density at radius 3 is 2.63 bits per heavy atom. The Morgan fingerprint density at radius 1 is 1.18 bits per heavy atom. The molecule has 12 heteroatoms. The summed E-state index contributed by atoms with van der Waals surface area (Å²) in [6.07, 6.45) is -3.08. The lowest BCUT2D eigenvalue weighted by Gasteiger charge is -2.22. The molecule has 2 N–H and O–H groups in total. The Labute approximate surface area is 215 Å². The number of aromatic nitrogens is 4. The molecule has 3 heterocycles. The summed E-state index contributed by atoms with van der Waals surface area (Å²) in [5.74, 6) is -0.829. The number of hydrogen-bond donors (Lipinski definition) is 2. The van der Waals surface area contributed by atoms with E-state index in [0.29, 0.717) is 17.7 Å². The van der Waals surface area contributed by atoms with Crippen LogP contribution in [0.25, 0.3) is 28.5 Å². The van der Waals surface area contributed by atoms with E-state index in [4.69, 9.17) is 9.26 Å². The molecule has 0 spiro atoms. The van der Waals surface area contributed by atoms with Gasteiger partial charge in [-0.25, -0.2) is 4.68 Å². The number of ether oxygens (including phenoxy) is 1. The Morgan fingerprint density at radius 2 is 1.95 bits per heavy atom. The molecule has 0 radical (unpaired) electrons. The molecule has 2 unspecified atom stereocenters. The molecule has 1 aliphatic rings. The number of nitrogens with one attached hydrogen (secondary N) is 1. The van der Waals surface area contributed by atoms with Crippen molar-refractivity contribution in [1.29, 1.82) is 0 Å². The molecule has 0 aliphatic carbocycles. The van der Waals surface area contributed by atoms with Gasteiger partial charge in [-0.2, -0.15) is 23.3 Å². The van der Waals surface area contributed by atoms with Crippen molar-refractivity contribution in [3.05, 3.63) is 72.1 Å². The van der Waals surface area contributed by atoms with Crippen LogP contribution in [-0.2, 0) is 15.7 Å². The zero-order valence-corrected chi connectivity index (χ0v) is 20.1. The first-order chi connectivity index (χ1) is 18.3. The maximum atomic E-state index is 14.0. The van der Waals surface area contributed by atoms with Crippen molar-refractivity contribution in [1.82, 2.24) is 25.2 Å². The van der Waals surface area contributed by atoms with E-state index in [0.717, 1.165) is 30.3 Å². The maximum absolute atomic E-state index is 14.0. The molecule has 1 aliphatic heterocycles. The van der Waals surface area contributed by atoms with Crippen LogP contribution in [0.5, 0.6) is 0 Å². The second-order valence-electron chi connectivity index (χ2n) is 8.89. The molecular formula is C26H24F3N5O4. The number of halogens is 3. The summed E-state index contributed by atoms with van der Waals surface area (Å²) < 4.78 is 53.1. The van der Waals surface area contributed by atoms with Crippen molar-refractivity contribution in [3.63, 3.8) is 0 Å². The molecular weight excluding hydrogens is 503 g/mol. The van der Waals surface area contributed by atoms with Gasteiger partial charge < -0.3 is 19.7 Å². The molecule has 2 aromatic carbocycles. The largest absolute Gasteiger partial charge is 0.462 e. The number of rotatable bonds is 7. The van der Waals surface area contributed by atoms with Crippen LogP contribution in [0.4, 0.5) is 13.2 Å². The summed E-state index contributed by atoms with van der Waals surface area (Å²) in [5.41, 5.74) is -0.181. The van der Waals surface area contributed by atoms with E-state index in [9.17, 15) is 23.1 Å². The third-order valence-electron chi connectivity index (χ3n) is 6.26. The first kappa shape index (κ1) is 25.6. The van der Waals surface area contributed by atoms with Crippen LogP contribution < -0.4 is 5.32 Å². The third kappa shape index (κ3) is 5.46. The highest BCUT2D eigenvalue weighted by atomic mass is 19.4. The number of para-hydroxylation sites is 1. The summed E-state index contributed by atoms with van der Waals surface area (Å²) in [6.45, 7) is 1.25. The van der Waals surface area contributed by atoms with Gasteiger partial charge in [0.25, 0.3) is 5.89 Å². The summed E-state index contributed by atoms with van der Waals surface area (Å²) in [7, 11) is 0. The highest BCUT2D eigenvalue weighted by molar-refractivity contribution is 5.72. The minimum atomic E-state index is -4.73. The van der Waals surface area contributed by atoms with E-state index >= 15 is 0 Å². The number of aliphatic hydroxyl groups excluding tert-OH is 1. The highest BCUT2D eigenvalue weighted by Gasteiger charge is 2.40. The molecule has 2 atom stereocenters. The van der Waals surface area contributed by atoms with Crippen LogP contribution in [0.3, 0.4) is 0 Å². The van der Waals surface area contributed by atoms with E-state index in [2.05, 4.69) is 20.6 Å². The van der Waals surface area contributed by atoms with Gasteiger partial charge in [0.2, 0.25) is 5.82 Å². The van der Waals surface area contributed by atoms with Crippen molar-refractivity contribution in [2.45, 2.75) is 25.1 Å². The van der Waals surface area contributed by atoms with Crippen LogP contribution in [0.15, 0.2) is 65.3 Å². The Balaban J connectivity index is 1.30. The zero-order chi connectivity index (χ0) is 26.7. The molecule has 0 saturated carbocycles. The fraction of sp³-hybridized carbons (Fsp3) is 0.308. The molecule has 4 aromatic rings. The average molecular weight is 528 g/mol. The van der Waals surface area contributed by atoms with Crippen LogP contribution in [0.1, 0.15) is 30.2 Å². The number of carbonyl (C=O) groups excluding carboxylic acids is 1. The number of alkyl halides is 3. The highest BCUT2D eigenvalue weighted by Crippen LogP contribution is 2.38. The lowest BCUT2D eigenvalue weighted by atomic mass is 10.00. The minimum Gasteiger partial charge on any atom is -0.462 e. The van der Waals surface area contributed by atoms with Gasteiger partial charge in [-0.1, -0.05) is 47.6 Å². The van der Waals surface area contributed by atoms with E-state index in [-0.39, 0.29) is 41.5 Å². The molecule has 2 aromatic heterocycles. The number of benzene rings is 2. The zero-order valence-electron chi connectivity index (χ0n) is 20.1. The normalized spacial score (nSPS) is 16.8. The molecule has 9 nitrogen and oxygen atoms in total. The maximum Gasteiger partial charge on any atom is 0.434 e. The monoisotopic (exact) mass is 527 g/mol. The Kier molecular flexibility index (Phi) is 7.25. The summed E-state index contributed by atoms with van der Waals surface area (Å²) in [5, 5.41) is 21.3. The van der Waals surface area contributed by atoms with E-state index < -0.39 is 18.0 Å². The molecule has 1 saturated heterocycles. The molecule has 5 rings (SSSR count). The van der Waals surface area contributed by atoms with Crippen molar-refractivity contribution in [2.75, 3.05) is 19.7 Å². The predicted octanol–water partition coefficient (Wildman–Crippen LogP) is 4.18. The Bertz CT molecular complexity index is 1380. The number of esters is 1. The van der Waals surface area contributed by atoms with E-state index in [1.807, 2.05) is 0 Å². The first-order valence-electron chi connectivity index (χ1n) is 12.0. The lowest BCUT2D eigenvalue weighted by molar-refractivity contribution is -0.152. The van der Waals surface area contributed by atoms with Gasteiger partial charge >= 0.3 is 12.1 Å². The van der Waals surface area contributed by atoms with Crippen LogP contribution in [-0.4, -0.2) is 50.7 Å². The molecule has 0 amide bonds. The number of hydrogen-bond acceptors (Lipinski definition) is 8. The van der Waals surface area contributed by atoms with Gasteiger partial charge in [0, 0.05) is 12.1 Å². The van der Waals surface area contributed by atoms with Gasteiger partial charge in [0.1, 0.15) is 12.7 Å². The summed E-state index contributed by atoms with van der Waals surface area (Å²) >= 11 is 0. The predicted molar refractivity (Wildman–Crippen MR) is 129 cm³/mol. The summed E-state index contributed by atoms with van der Waals surface area (Å²) in [6, 6.07) is 14.3. The third-order valence-corrected chi connectivity index (χ3v) is 6.26. The van der Waals surface area contributed by atoms with Gasteiger partial charge in [-0.15, -0.1) is 0 Å². The number of piperidine rings is 1. The summed E-state index contributed by atoms with van der Waals surface area (Å²) in [4.78, 5) is 16.3. The minimum absolute atomic E-state index is 0.0675. The lowest BCUT2D eigenvalue weighted by Crippen LogP contribution is -2.35. The van der Waals surface area contributed by atoms with Gasteiger partial charge in [-0.3, -0.25) is 4.79 Å². The van der Waals surface area contributed by atoms with Crippen molar-refractivity contribution in [2.24, 2.45) is 5.92 Å². The number of carbonyl (C=O) groups is 1. The van der Waals surface area contributed by atoms with Gasteiger partial charge in [-0.05, 0) is 37.1 Å². The van der Waals surface area contributed by atoms with Crippen molar-refractivity contribution in [3.8, 4) is 28.5 Å². The van der Waals surface area contributed by atoms with Gasteiger partial charge in [0.15, 0.2) is 5.69 Å². The van der Waals surface area contributed by atoms with Crippen LogP contribution in [0, 0.1) is 5.92 Å². The molecule has 38 heavy (non-hydrogen) atoms. The van der Waals surface area contributed by atoms with E-state index in [1.54, 1.807) is 42.5 Å². The van der Waals surface area contributed by atoms with Crippen molar-refractivity contribution >= 4 is 5.97 Å². The Hall–Kier alpha value is -4.03. The molecule has 1 fully saturated rings. The fourth-order valence-corrected chi connectivity index (χ4v) is 4.28. The number of aliphatic hydroxyl groups is 1. The number of nitrogens with zero attached hydrogens (tertiary/aromatic N) is 4. The van der Waals surface area contributed by atoms with Crippen LogP contribution in [0.2, 0.25) is 0 Å². The second-order valence-corrected chi connectivity index (χ2v) is 8.89. The average Bonchev–Trinajstić information content (AvgIpc) is 3.60. The first-order valence-corrected chi connectivity index (χ1v) is 12.0. The smallest absolute Gasteiger partial charge is 0.434 e. The van der Waals surface area contributed by atoms with E-state index in [1.165, 1.54) is 12.1 Å². The van der Waals surface area contributed by atoms with Gasteiger partial charge in [0.05, 0.1) is 23.4 Å². The fourth-order valence-electron chi connectivity index (χ4n) is 4.28. The molecule has 198 valence electrons.